The number of nitriles is 1. The molecule has 1 heterocycles. The fourth-order valence-corrected chi connectivity index (χ4v) is 5.77. The molecule has 0 aliphatic carbocycles. The van der Waals surface area contributed by atoms with Crippen molar-refractivity contribution >= 4 is 57.0 Å². The van der Waals surface area contributed by atoms with Gasteiger partial charge in [0.1, 0.15) is 24.2 Å². The lowest BCUT2D eigenvalue weighted by Crippen LogP contribution is -2.58. The minimum Gasteiger partial charge on any atom is -0.493 e. The SMILES string of the molecule is CCOc1cc(OCC2(COC(=O)c3ccc(Br)cc3)CN(Sc3ccc(Cl)cc3Cl)C2)ccc1C#N. The monoisotopic (exact) mass is 620 g/mol. The van der Waals surface area contributed by atoms with Gasteiger partial charge in [0.15, 0.2) is 0 Å². The molecule has 0 unspecified atom stereocenters. The van der Waals surface area contributed by atoms with Crippen LogP contribution in [0.2, 0.25) is 10.0 Å². The fourth-order valence-electron chi connectivity index (χ4n) is 3.76. The first-order valence-corrected chi connectivity index (χ1v) is 13.7. The average molecular weight is 622 g/mol. The Hall–Kier alpha value is -2.41. The maximum Gasteiger partial charge on any atom is 0.338 e. The van der Waals surface area contributed by atoms with Gasteiger partial charge in [-0.15, -0.1) is 0 Å². The number of rotatable bonds is 10. The maximum atomic E-state index is 12.7. The Kier molecular flexibility index (Phi) is 9.27. The summed E-state index contributed by atoms with van der Waals surface area (Å²) in [6, 6.07) is 19.7. The first-order valence-electron chi connectivity index (χ1n) is 11.4. The molecule has 10 heteroatoms. The van der Waals surface area contributed by atoms with E-state index in [0.717, 1.165) is 9.37 Å². The molecule has 3 aromatic carbocycles. The van der Waals surface area contributed by atoms with Crippen LogP contribution in [0.15, 0.2) is 70.0 Å². The topological polar surface area (TPSA) is 71.8 Å². The van der Waals surface area contributed by atoms with Crippen molar-refractivity contribution in [3.8, 4) is 17.6 Å². The van der Waals surface area contributed by atoms with Gasteiger partial charge in [-0.05, 0) is 73.5 Å². The summed E-state index contributed by atoms with van der Waals surface area (Å²) >= 11 is 17.3. The van der Waals surface area contributed by atoms with Crippen molar-refractivity contribution in [3.05, 3.63) is 86.3 Å². The van der Waals surface area contributed by atoms with Crippen LogP contribution in [-0.4, -0.2) is 43.2 Å². The van der Waals surface area contributed by atoms with Gasteiger partial charge in [0.25, 0.3) is 0 Å². The van der Waals surface area contributed by atoms with E-state index in [9.17, 15) is 10.1 Å². The number of hydrogen-bond donors (Lipinski definition) is 0. The first-order chi connectivity index (χ1) is 17.8. The highest BCUT2D eigenvalue weighted by Gasteiger charge is 2.46. The third-order valence-electron chi connectivity index (χ3n) is 5.65. The van der Waals surface area contributed by atoms with E-state index in [-0.39, 0.29) is 6.61 Å². The lowest BCUT2D eigenvalue weighted by Gasteiger charge is -2.48. The van der Waals surface area contributed by atoms with Crippen molar-refractivity contribution in [2.45, 2.75) is 11.8 Å². The van der Waals surface area contributed by atoms with Gasteiger partial charge in [-0.1, -0.05) is 39.1 Å². The minimum atomic E-state index is -0.434. The van der Waals surface area contributed by atoms with Crippen molar-refractivity contribution in [3.63, 3.8) is 0 Å². The van der Waals surface area contributed by atoms with E-state index < -0.39 is 11.4 Å². The molecule has 1 aliphatic rings. The Labute approximate surface area is 238 Å². The predicted octanol–water partition coefficient (Wildman–Crippen LogP) is 7.27. The highest BCUT2D eigenvalue weighted by molar-refractivity contribution is 9.10. The largest absolute Gasteiger partial charge is 0.493 e. The summed E-state index contributed by atoms with van der Waals surface area (Å²) in [5.74, 6) is 0.657. The van der Waals surface area contributed by atoms with Crippen LogP contribution in [0.1, 0.15) is 22.8 Å². The van der Waals surface area contributed by atoms with E-state index in [0.29, 0.717) is 59.0 Å². The Bertz CT molecular complexity index is 1310. The van der Waals surface area contributed by atoms with Crippen LogP contribution in [0.4, 0.5) is 0 Å². The summed E-state index contributed by atoms with van der Waals surface area (Å²) in [6.07, 6.45) is 0. The van der Waals surface area contributed by atoms with Gasteiger partial charge in [0, 0.05) is 33.5 Å². The molecule has 37 heavy (non-hydrogen) atoms. The van der Waals surface area contributed by atoms with Crippen LogP contribution in [0, 0.1) is 16.7 Å². The predicted molar refractivity (Wildman–Crippen MR) is 149 cm³/mol. The van der Waals surface area contributed by atoms with Crippen LogP contribution in [-0.2, 0) is 4.74 Å². The molecule has 0 amide bonds. The van der Waals surface area contributed by atoms with Crippen LogP contribution in [0.5, 0.6) is 11.5 Å². The van der Waals surface area contributed by atoms with Crippen LogP contribution < -0.4 is 9.47 Å². The number of hydrogen-bond acceptors (Lipinski definition) is 7. The molecule has 192 valence electrons. The molecule has 0 N–H and O–H groups in total. The van der Waals surface area contributed by atoms with Gasteiger partial charge in [-0.25, -0.2) is 9.10 Å². The van der Waals surface area contributed by atoms with E-state index in [1.807, 2.05) is 13.0 Å². The highest BCUT2D eigenvalue weighted by atomic mass is 79.9. The van der Waals surface area contributed by atoms with Crippen molar-refractivity contribution in [2.24, 2.45) is 5.41 Å². The summed E-state index contributed by atoms with van der Waals surface area (Å²) in [4.78, 5) is 13.6. The molecule has 4 rings (SSSR count). The van der Waals surface area contributed by atoms with Gasteiger partial charge in [-0.3, -0.25) is 0 Å². The number of carbonyl (C=O) groups is 1. The average Bonchev–Trinajstić information content (AvgIpc) is 2.86. The molecule has 0 aromatic heterocycles. The molecule has 1 saturated heterocycles. The fraction of sp³-hybridized carbons (Fsp3) is 0.259. The Balaban J connectivity index is 1.45. The summed E-state index contributed by atoms with van der Waals surface area (Å²) < 4.78 is 20.4. The van der Waals surface area contributed by atoms with Crippen LogP contribution >= 0.6 is 51.1 Å². The quantitative estimate of drug-likeness (QED) is 0.174. The highest BCUT2D eigenvalue weighted by Crippen LogP contribution is 2.42. The number of halogens is 3. The normalized spacial score (nSPS) is 14.4. The molecule has 1 fully saturated rings. The smallest absolute Gasteiger partial charge is 0.338 e. The van der Waals surface area contributed by atoms with E-state index in [2.05, 4.69) is 26.3 Å². The van der Waals surface area contributed by atoms with Crippen LogP contribution in [0.25, 0.3) is 0 Å². The molecule has 0 bridgehead atoms. The molecule has 0 atom stereocenters. The van der Waals surface area contributed by atoms with Crippen molar-refractivity contribution in [1.29, 1.82) is 5.26 Å². The molecule has 3 aromatic rings. The van der Waals surface area contributed by atoms with E-state index in [1.165, 1.54) is 11.9 Å². The number of esters is 1. The molecule has 0 radical (unpaired) electrons. The third kappa shape index (κ3) is 7.13. The lowest BCUT2D eigenvalue weighted by molar-refractivity contribution is -0.0375. The zero-order chi connectivity index (χ0) is 26.4. The van der Waals surface area contributed by atoms with Gasteiger partial charge in [-0.2, -0.15) is 5.26 Å². The van der Waals surface area contributed by atoms with Crippen molar-refractivity contribution in [1.82, 2.24) is 4.31 Å². The first kappa shape index (κ1) is 27.6. The molecule has 1 aliphatic heterocycles. The number of nitrogens with zero attached hydrogens (tertiary/aromatic N) is 2. The summed E-state index contributed by atoms with van der Waals surface area (Å²) in [5, 5.41) is 10.5. The van der Waals surface area contributed by atoms with Crippen LogP contribution in [0.3, 0.4) is 0 Å². The zero-order valence-corrected chi connectivity index (χ0v) is 23.8. The molecule has 0 spiro atoms. The molecule has 6 nitrogen and oxygen atoms in total. The third-order valence-corrected chi connectivity index (χ3v) is 7.91. The van der Waals surface area contributed by atoms with E-state index >= 15 is 0 Å². The Morgan fingerprint density at radius 1 is 1.08 bits per heavy atom. The van der Waals surface area contributed by atoms with Gasteiger partial charge >= 0.3 is 5.97 Å². The number of carbonyl (C=O) groups excluding carboxylic acids is 1. The van der Waals surface area contributed by atoms with Crippen molar-refractivity contribution in [2.75, 3.05) is 32.9 Å². The second-order valence-electron chi connectivity index (χ2n) is 8.54. The molecule has 0 saturated carbocycles. The van der Waals surface area contributed by atoms with E-state index in [4.69, 9.17) is 37.4 Å². The van der Waals surface area contributed by atoms with Gasteiger partial charge in [0.05, 0.1) is 34.8 Å². The maximum absolute atomic E-state index is 12.7. The molecular formula is C27H23BrCl2N2O4S. The van der Waals surface area contributed by atoms with Gasteiger partial charge in [0.2, 0.25) is 0 Å². The van der Waals surface area contributed by atoms with Gasteiger partial charge < -0.3 is 14.2 Å². The number of benzene rings is 3. The van der Waals surface area contributed by atoms with Crippen molar-refractivity contribution < 1.29 is 19.0 Å². The Morgan fingerprint density at radius 2 is 1.84 bits per heavy atom. The summed E-state index contributed by atoms with van der Waals surface area (Å²) in [6.45, 7) is 4.01. The second-order valence-corrected chi connectivity index (χ2v) is 11.4. The van der Waals surface area contributed by atoms with E-state index in [1.54, 1.807) is 54.6 Å². The number of ether oxygens (including phenoxy) is 3. The second kappa shape index (κ2) is 12.4. The molecular weight excluding hydrogens is 599 g/mol. The Morgan fingerprint density at radius 3 is 2.51 bits per heavy atom. The summed E-state index contributed by atoms with van der Waals surface area (Å²) in [5.41, 5.74) is 0.487. The standard InChI is InChI=1S/C27H23BrCl2N2O4S/c1-2-34-24-12-22(9-5-19(24)13-31)35-16-27(17-36-26(33)18-3-6-20(28)7-4-18)14-32(15-27)37-25-10-8-21(29)11-23(25)30/h3-12H,2,14-17H2,1H3. The minimum absolute atomic E-state index is 0.182. The zero-order valence-electron chi connectivity index (χ0n) is 19.9. The lowest BCUT2D eigenvalue weighted by atomic mass is 9.83. The summed E-state index contributed by atoms with van der Waals surface area (Å²) in [7, 11) is 0.